The van der Waals surface area contributed by atoms with Gasteiger partial charge in [0.25, 0.3) is 5.91 Å². The van der Waals surface area contributed by atoms with Gasteiger partial charge >= 0.3 is 0 Å². The molecular formula is C14H17N3O. The van der Waals surface area contributed by atoms with Crippen LogP contribution < -0.4 is 5.32 Å². The highest BCUT2D eigenvalue weighted by molar-refractivity contribution is 6.04. The lowest BCUT2D eigenvalue weighted by Crippen LogP contribution is -2.12. The standard InChI is InChI=1S/C14H17N3O/c1-4-11-5-7-12(8-6-11)15-14(18)13-9-17(3)16-10(13)2/h5-9H,4H2,1-3H3,(H,15,18). The summed E-state index contributed by atoms with van der Waals surface area (Å²) in [5, 5.41) is 7.03. The number of hydrogen-bond acceptors (Lipinski definition) is 2. The van der Waals surface area contributed by atoms with Gasteiger partial charge in [0.15, 0.2) is 0 Å². The fraction of sp³-hybridized carbons (Fsp3) is 0.286. The van der Waals surface area contributed by atoms with Crippen LogP contribution in [0.5, 0.6) is 0 Å². The third kappa shape index (κ3) is 2.59. The summed E-state index contributed by atoms with van der Waals surface area (Å²) in [5.74, 6) is -0.121. The van der Waals surface area contributed by atoms with E-state index in [1.807, 2.05) is 31.2 Å². The van der Waals surface area contributed by atoms with Gasteiger partial charge in [-0.25, -0.2) is 0 Å². The van der Waals surface area contributed by atoms with E-state index in [4.69, 9.17) is 0 Å². The lowest BCUT2D eigenvalue weighted by atomic mass is 10.1. The Morgan fingerprint density at radius 2 is 2.00 bits per heavy atom. The number of benzene rings is 1. The van der Waals surface area contributed by atoms with Crippen molar-refractivity contribution in [1.82, 2.24) is 9.78 Å². The molecule has 2 rings (SSSR count). The molecule has 0 radical (unpaired) electrons. The van der Waals surface area contributed by atoms with Gasteiger partial charge in [0.05, 0.1) is 11.3 Å². The Morgan fingerprint density at radius 3 is 2.50 bits per heavy atom. The number of nitrogens with one attached hydrogen (secondary N) is 1. The third-order valence-corrected chi connectivity index (χ3v) is 2.88. The van der Waals surface area contributed by atoms with E-state index in [2.05, 4.69) is 17.3 Å². The molecule has 0 unspecified atom stereocenters. The van der Waals surface area contributed by atoms with E-state index in [-0.39, 0.29) is 5.91 Å². The molecule has 0 bridgehead atoms. The fourth-order valence-corrected chi connectivity index (χ4v) is 1.84. The first-order valence-corrected chi connectivity index (χ1v) is 6.00. The number of rotatable bonds is 3. The molecule has 1 aromatic heterocycles. The number of nitrogens with zero attached hydrogens (tertiary/aromatic N) is 2. The summed E-state index contributed by atoms with van der Waals surface area (Å²) in [7, 11) is 1.81. The largest absolute Gasteiger partial charge is 0.322 e. The van der Waals surface area contributed by atoms with E-state index in [0.29, 0.717) is 5.56 Å². The van der Waals surface area contributed by atoms with Crippen molar-refractivity contribution in [3.63, 3.8) is 0 Å². The zero-order valence-electron chi connectivity index (χ0n) is 10.9. The van der Waals surface area contributed by atoms with Gasteiger partial charge in [0, 0.05) is 18.9 Å². The maximum atomic E-state index is 12.0. The van der Waals surface area contributed by atoms with Crippen LogP contribution in [0, 0.1) is 6.92 Å². The molecule has 1 heterocycles. The van der Waals surface area contributed by atoms with Crippen molar-refractivity contribution in [2.24, 2.45) is 7.05 Å². The average molecular weight is 243 g/mol. The molecule has 0 aliphatic carbocycles. The van der Waals surface area contributed by atoms with Crippen molar-refractivity contribution < 1.29 is 4.79 Å². The average Bonchev–Trinajstić information content (AvgIpc) is 2.69. The summed E-state index contributed by atoms with van der Waals surface area (Å²) in [4.78, 5) is 12.0. The lowest BCUT2D eigenvalue weighted by Gasteiger charge is -2.05. The van der Waals surface area contributed by atoms with E-state index in [9.17, 15) is 4.79 Å². The molecule has 0 saturated heterocycles. The Hall–Kier alpha value is -2.10. The SMILES string of the molecule is CCc1ccc(NC(=O)c2cn(C)nc2C)cc1. The number of anilines is 1. The normalized spacial score (nSPS) is 10.4. The van der Waals surface area contributed by atoms with Gasteiger partial charge in [-0.1, -0.05) is 19.1 Å². The maximum Gasteiger partial charge on any atom is 0.259 e. The molecule has 4 heteroatoms. The first-order chi connectivity index (χ1) is 8.60. The van der Waals surface area contributed by atoms with Crippen molar-refractivity contribution in [1.29, 1.82) is 0 Å². The summed E-state index contributed by atoms with van der Waals surface area (Å²) in [6.45, 7) is 3.93. The predicted octanol–water partition coefficient (Wildman–Crippen LogP) is 2.54. The Kier molecular flexibility index (Phi) is 3.46. The van der Waals surface area contributed by atoms with Crippen molar-refractivity contribution in [2.45, 2.75) is 20.3 Å². The van der Waals surface area contributed by atoms with Crippen LogP contribution in [-0.4, -0.2) is 15.7 Å². The van der Waals surface area contributed by atoms with E-state index in [1.165, 1.54) is 5.56 Å². The number of hydrogen-bond donors (Lipinski definition) is 1. The first-order valence-electron chi connectivity index (χ1n) is 6.00. The molecule has 0 aliphatic rings. The molecule has 1 N–H and O–H groups in total. The van der Waals surface area contributed by atoms with Gasteiger partial charge in [-0.05, 0) is 31.0 Å². The Morgan fingerprint density at radius 1 is 1.33 bits per heavy atom. The fourth-order valence-electron chi connectivity index (χ4n) is 1.84. The van der Waals surface area contributed by atoms with Crippen LogP contribution >= 0.6 is 0 Å². The second-order valence-corrected chi connectivity index (χ2v) is 4.31. The second kappa shape index (κ2) is 5.04. The van der Waals surface area contributed by atoms with Crippen molar-refractivity contribution >= 4 is 11.6 Å². The molecule has 2 aromatic rings. The summed E-state index contributed by atoms with van der Waals surface area (Å²) in [6.07, 6.45) is 2.72. The third-order valence-electron chi connectivity index (χ3n) is 2.88. The summed E-state index contributed by atoms with van der Waals surface area (Å²) >= 11 is 0. The molecule has 0 atom stereocenters. The minimum Gasteiger partial charge on any atom is -0.322 e. The number of amides is 1. The van der Waals surface area contributed by atoms with Crippen LogP contribution in [0.3, 0.4) is 0 Å². The quantitative estimate of drug-likeness (QED) is 0.900. The van der Waals surface area contributed by atoms with Crippen molar-refractivity contribution in [2.75, 3.05) is 5.32 Å². The minimum atomic E-state index is -0.121. The summed E-state index contributed by atoms with van der Waals surface area (Å²) < 4.78 is 1.64. The molecule has 0 spiro atoms. The zero-order chi connectivity index (χ0) is 13.1. The van der Waals surface area contributed by atoms with Crippen LogP contribution in [0.2, 0.25) is 0 Å². The molecule has 94 valence electrons. The van der Waals surface area contributed by atoms with Gasteiger partial charge in [0.1, 0.15) is 0 Å². The van der Waals surface area contributed by atoms with Crippen LogP contribution in [0.1, 0.15) is 28.5 Å². The van der Waals surface area contributed by atoms with Crippen LogP contribution in [0.4, 0.5) is 5.69 Å². The van der Waals surface area contributed by atoms with Crippen LogP contribution in [-0.2, 0) is 13.5 Å². The number of carbonyl (C=O) groups is 1. The van der Waals surface area contributed by atoms with Gasteiger partial charge in [-0.2, -0.15) is 5.10 Å². The molecule has 0 fully saturated rings. The van der Waals surface area contributed by atoms with Crippen LogP contribution in [0.15, 0.2) is 30.5 Å². The summed E-state index contributed by atoms with van der Waals surface area (Å²) in [6, 6.07) is 7.88. The van der Waals surface area contributed by atoms with Crippen molar-refractivity contribution in [3.05, 3.63) is 47.3 Å². The lowest BCUT2D eigenvalue weighted by molar-refractivity contribution is 0.102. The number of aryl methyl sites for hydroxylation is 3. The highest BCUT2D eigenvalue weighted by atomic mass is 16.1. The van der Waals surface area contributed by atoms with Crippen LogP contribution in [0.25, 0.3) is 0 Å². The highest BCUT2D eigenvalue weighted by Gasteiger charge is 2.12. The van der Waals surface area contributed by atoms with Crippen molar-refractivity contribution in [3.8, 4) is 0 Å². The number of aromatic nitrogens is 2. The Balaban J connectivity index is 2.13. The Labute approximate surface area is 107 Å². The maximum absolute atomic E-state index is 12.0. The molecule has 0 saturated carbocycles. The highest BCUT2D eigenvalue weighted by Crippen LogP contribution is 2.13. The smallest absolute Gasteiger partial charge is 0.259 e. The Bertz CT molecular complexity index is 555. The van der Waals surface area contributed by atoms with Gasteiger partial charge in [-0.3, -0.25) is 9.48 Å². The second-order valence-electron chi connectivity index (χ2n) is 4.31. The molecule has 1 aromatic carbocycles. The number of carbonyl (C=O) groups excluding carboxylic acids is 1. The van der Waals surface area contributed by atoms with E-state index < -0.39 is 0 Å². The first kappa shape index (κ1) is 12.4. The topological polar surface area (TPSA) is 46.9 Å². The van der Waals surface area contributed by atoms with Gasteiger partial charge in [0.2, 0.25) is 0 Å². The summed E-state index contributed by atoms with van der Waals surface area (Å²) in [5.41, 5.74) is 3.41. The van der Waals surface area contributed by atoms with Gasteiger partial charge in [-0.15, -0.1) is 0 Å². The molecule has 1 amide bonds. The molecule has 0 aliphatic heterocycles. The molecular weight excluding hydrogens is 226 g/mol. The zero-order valence-corrected chi connectivity index (χ0v) is 10.9. The monoisotopic (exact) mass is 243 g/mol. The van der Waals surface area contributed by atoms with E-state index in [1.54, 1.807) is 17.9 Å². The predicted molar refractivity (Wildman–Crippen MR) is 71.7 cm³/mol. The van der Waals surface area contributed by atoms with E-state index >= 15 is 0 Å². The molecule has 18 heavy (non-hydrogen) atoms. The van der Waals surface area contributed by atoms with E-state index in [0.717, 1.165) is 17.8 Å². The minimum absolute atomic E-state index is 0.121. The van der Waals surface area contributed by atoms with Gasteiger partial charge < -0.3 is 5.32 Å². The molecule has 4 nitrogen and oxygen atoms in total.